The maximum atomic E-state index is 5.57. The van der Waals surface area contributed by atoms with Crippen molar-refractivity contribution in [2.75, 3.05) is 25.6 Å². The molecule has 1 aromatic heterocycles. The first-order valence-corrected chi connectivity index (χ1v) is 9.53. The van der Waals surface area contributed by atoms with Gasteiger partial charge in [-0.05, 0) is 45.4 Å². The highest BCUT2D eigenvalue weighted by Gasteiger charge is 2.07. The molecule has 0 saturated carbocycles. The van der Waals surface area contributed by atoms with Gasteiger partial charge in [0.15, 0.2) is 17.5 Å². The molecule has 1 aromatic carbocycles. The Morgan fingerprint density at radius 1 is 1.14 bits per heavy atom. The lowest BCUT2D eigenvalue weighted by atomic mass is 10.2. The van der Waals surface area contributed by atoms with Gasteiger partial charge in [-0.2, -0.15) is 0 Å². The molecule has 0 saturated heterocycles. The van der Waals surface area contributed by atoms with Crippen LogP contribution in [0.5, 0.6) is 17.4 Å². The second-order valence-corrected chi connectivity index (χ2v) is 6.29. The number of rotatable bonds is 9. The third kappa shape index (κ3) is 8.35. The quantitative estimate of drug-likeness (QED) is 0.292. The fourth-order valence-electron chi connectivity index (χ4n) is 2.45. The lowest BCUT2D eigenvalue weighted by molar-refractivity contribution is 0.232. The molecule has 0 aliphatic rings. The Morgan fingerprint density at radius 2 is 1.93 bits per heavy atom. The standard InChI is InChI=1S/C21H30N4O3.HI/c1-6-22-21(24-14-16-8-11-20(23-13-16)28-15(3)4)25-17-9-10-18(27-7-2)19(12-17)26-5;/h8-13,15H,6-7,14H2,1-5H3,(H2,22,24,25);1H. The molecule has 7 nitrogen and oxygen atoms in total. The Bertz CT molecular complexity index is 767. The number of benzene rings is 1. The van der Waals surface area contributed by atoms with Crippen molar-refractivity contribution in [2.24, 2.45) is 4.99 Å². The summed E-state index contributed by atoms with van der Waals surface area (Å²) in [6, 6.07) is 9.53. The van der Waals surface area contributed by atoms with Gasteiger partial charge in [0.25, 0.3) is 0 Å². The van der Waals surface area contributed by atoms with Gasteiger partial charge < -0.3 is 24.8 Å². The lowest BCUT2D eigenvalue weighted by Gasteiger charge is -2.14. The Balaban J connectivity index is 0.00000420. The van der Waals surface area contributed by atoms with Gasteiger partial charge >= 0.3 is 0 Å². The minimum absolute atomic E-state index is 0. The molecule has 2 aromatic rings. The Labute approximate surface area is 190 Å². The van der Waals surface area contributed by atoms with Crippen LogP contribution in [0.4, 0.5) is 5.69 Å². The SMILES string of the molecule is CCNC(=NCc1ccc(OC(C)C)nc1)Nc1ccc(OCC)c(OC)c1.I. The molecule has 160 valence electrons. The molecule has 8 heteroatoms. The molecule has 0 amide bonds. The number of guanidine groups is 1. The van der Waals surface area contributed by atoms with Crippen molar-refractivity contribution in [2.45, 2.75) is 40.3 Å². The van der Waals surface area contributed by atoms with Gasteiger partial charge in [-0.15, -0.1) is 24.0 Å². The molecule has 0 bridgehead atoms. The number of anilines is 1. The summed E-state index contributed by atoms with van der Waals surface area (Å²) in [6.07, 6.45) is 1.89. The molecular weight excluding hydrogens is 483 g/mol. The van der Waals surface area contributed by atoms with Crippen molar-refractivity contribution >= 4 is 35.6 Å². The van der Waals surface area contributed by atoms with Crippen LogP contribution in [-0.2, 0) is 6.54 Å². The normalized spacial score (nSPS) is 10.9. The highest BCUT2D eigenvalue weighted by molar-refractivity contribution is 14.0. The second-order valence-electron chi connectivity index (χ2n) is 6.29. The van der Waals surface area contributed by atoms with Crippen LogP contribution in [0.1, 0.15) is 33.3 Å². The summed E-state index contributed by atoms with van der Waals surface area (Å²) in [5.41, 5.74) is 1.86. The van der Waals surface area contributed by atoms with Crippen LogP contribution in [0.15, 0.2) is 41.5 Å². The summed E-state index contributed by atoms with van der Waals surface area (Å²) >= 11 is 0. The fraction of sp³-hybridized carbons (Fsp3) is 0.429. The van der Waals surface area contributed by atoms with E-state index in [2.05, 4.69) is 20.6 Å². The van der Waals surface area contributed by atoms with E-state index >= 15 is 0 Å². The molecule has 0 fully saturated rings. The zero-order chi connectivity index (χ0) is 20.4. The van der Waals surface area contributed by atoms with Crippen molar-refractivity contribution in [1.29, 1.82) is 0 Å². The predicted octanol–water partition coefficient (Wildman–Crippen LogP) is 4.47. The van der Waals surface area contributed by atoms with Gasteiger partial charge in [0.05, 0.1) is 26.4 Å². The topological polar surface area (TPSA) is 77.0 Å². The first-order chi connectivity index (χ1) is 13.5. The van der Waals surface area contributed by atoms with E-state index in [0.29, 0.717) is 36.5 Å². The molecule has 0 aliphatic heterocycles. The molecule has 29 heavy (non-hydrogen) atoms. The largest absolute Gasteiger partial charge is 0.493 e. The number of aliphatic imine (C=N–C) groups is 1. The number of ether oxygens (including phenoxy) is 3. The number of hydrogen-bond acceptors (Lipinski definition) is 5. The van der Waals surface area contributed by atoms with Crippen molar-refractivity contribution in [3.8, 4) is 17.4 Å². The maximum absolute atomic E-state index is 5.57. The van der Waals surface area contributed by atoms with Crippen LogP contribution in [0.25, 0.3) is 0 Å². The summed E-state index contributed by atoms with van der Waals surface area (Å²) in [4.78, 5) is 8.94. The highest BCUT2D eigenvalue weighted by atomic mass is 127. The smallest absolute Gasteiger partial charge is 0.213 e. The van der Waals surface area contributed by atoms with Crippen LogP contribution in [-0.4, -0.2) is 37.3 Å². The Morgan fingerprint density at radius 3 is 2.52 bits per heavy atom. The average molecular weight is 514 g/mol. The maximum Gasteiger partial charge on any atom is 0.213 e. The molecular formula is C21H31IN4O3. The summed E-state index contributed by atoms with van der Waals surface area (Å²) in [6.45, 7) is 9.75. The van der Waals surface area contributed by atoms with E-state index in [-0.39, 0.29) is 30.1 Å². The van der Waals surface area contributed by atoms with Crippen molar-refractivity contribution < 1.29 is 14.2 Å². The third-order valence-corrected chi connectivity index (χ3v) is 3.64. The molecule has 0 radical (unpaired) electrons. The molecule has 0 aliphatic carbocycles. The van der Waals surface area contributed by atoms with Crippen LogP contribution in [0.3, 0.4) is 0 Å². The van der Waals surface area contributed by atoms with Crippen LogP contribution in [0.2, 0.25) is 0 Å². The van der Waals surface area contributed by atoms with E-state index in [1.54, 1.807) is 13.3 Å². The van der Waals surface area contributed by atoms with E-state index in [1.807, 2.05) is 58.0 Å². The zero-order valence-corrected chi connectivity index (χ0v) is 20.0. The van der Waals surface area contributed by atoms with Crippen LogP contribution in [0, 0.1) is 0 Å². The monoisotopic (exact) mass is 514 g/mol. The van der Waals surface area contributed by atoms with Crippen molar-refractivity contribution in [3.05, 3.63) is 42.1 Å². The van der Waals surface area contributed by atoms with Gasteiger partial charge in [0.1, 0.15) is 0 Å². The number of methoxy groups -OCH3 is 1. The van der Waals surface area contributed by atoms with Crippen molar-refractivity contribution in [3.63, 3.8) is 0 Å². The summed E-state index contributed by atoms with van der Waals surface area (Å²) in [5, 5.41) is 6.53. The number of hydrogen-bond donors (Lipinski definition) is 2. The third-order valence-electron chi connectivity index (χ3n) is 3.64. The first-order valence-electron chi connectivity index (χ1n) is 9.53. The minimum Gasteiger partial charge on any atom is -0.493 e. The van der Waals surface area contributed by atoms with Crippen molar-refractivity contribution in [1.82, 2.24) is 10.3 Å². The molecule has 0 atom stereocenters. The van der Waals surface area contributed by atoms with E-state index in [4.69, 9.17) is 14.2 Å². The van der Waals surface area contributed by atoms with E-state index in [9.17, 15) is 0 Å². The number of pyridine rings is 1. The minimum atomic E-state index is 0. The van der Waals surface area contributed by atoms with Gasteiger partial charge in [-0.1, -0.05) is 6.07 Å². The average Bonchev–Trinajstić information content (AvgIpc) is 2.68. The Kier molecular flexibility index (Phi) is 11.2. The van der Waals surface area contributed by atoms with Gasteiger partial charge in [-0.25, -0.2) is 9.98 Å². The van der Waals surface area contributed by atoms with E-state index in [0.717, 1.165) is 17.8 Å². The molecule has 1 heterocycles. The van der Waals surface area contributed by atoms with Crippen LogP contribution < -0.4 is 24.8 Å². The predicted molar refractivity (Wildman–Crippen MR) is 128 cm³/mol. The summed E-state index contributed by atoms with van der Waals surface area (Å²) in [5.74, 6) is 2.69. The van der Waals surface area contributed by atoms with Gasteiger partial charge in [0, 0.05) is 30.6 Å². The van der Waals surface area contributed by atoms with E-state index < -0.39 is 0 Å². The first kappa shape index (κ1) is 24.8. The number of aromatic nitrogens is 1. The van der Waals surface area contributed by atoms with Crippen LogP contribution >= 0.6 is 24.0 Å². The second kappa shape index (κ2) is 13.1. The molecule has 2 rings (SSSR count). The molecule has 0 unspecified atom stereocenters. The van der Waals surface area contributed by atoms with E-state index in [1.165, 1.54) is 0 Å². The highest BCUT2D eigenvalue weighted by Crippen LogP contribution is 2.30. The number of halogens is 1. The number of nitrogens with one attached hydrogen (secondary N) is 2. The summed E-state index contributed by atoms with van der Waals surface area (Å²) in [7, 11) is 1.63. The Hall–Kier alpha value is -2.23. The summed E-state index contributed by atoms with van der Waals surface area (Å²) < 4.78 is 16.5. The van der Waals surface area contributed by atoms with Gasteiger partial charge in [0.2, 0.25) is 5.88 Å². The molecule has 0 spiro atoms. The zero-order valence-electron chi connectivity index (χ0n) is 17.7. The number of nitrogens with zero attached hydrogens (tertiary/aromatic N) is 2. The van der Waals surface area contributed by atoms with Gasteiger partial charge in [-0.3, -0.25) is 0 Å². The molecule has 2 N–H and O–H groups in total. The fourth-order valence-corrected chi connectivity index (χ4v) is 2.45. The lowest BCUT2D eigenvalue weighted by Crippen LogP contribution is -2.30.